The van der Waals surface area contributed by atoms with Crippen molar-refractivity contribution in [1.82, 2.24) is 10.2 Å². The van der Waals surface area contributed by atoms with E-state index in [0.717, 1.165) is 17.1 Å². The smallest absolute Gasteiger partial charge is 0.343 e. The number of halogens is 1. The van der Waals surface area contributed by atoms with Crippen LogP contribution in [0, 0.1) is 0 Å². The first kappa shape index (κ1) is 24.7. The molecule has 3 N–H and O–H groups in total. The summed E-state index contributed by atoms with van der Waals surface area (Å²) in [5.74, 6) is -0.640. The number of aromatic amines is 1. The Morgan fingerprint density at radius 3 is 2.45 bits per heavy atom. The first-order chi connectivity index (χ1) is 16.0. The first-order valence-corrected chi connectivity index (χ1v) is 11.7. The molecule has 6 nitrogen and oxygen atoms in total. The largest absolute Gasteiger partial charge is 0.462 e. The molecule has 0 radical (unpaired) electrons. The second kappa shape index (κ2) is 11.8. The van der Waals surface area contributed by atoms with Crippen LogP contribution >= 0.6 is 11.6 Å². The van der Waals surface area contributed by atoms with Gasteiger partial charge in [0.15, 0.2) is 0 Å². The number of nitrogens with one attached hydrogen (secondary N) is 1. The van der Waals surface area contributed by atoms with Gasteiger partial charge in [0, 0.05) is 22.5 Å². The quantitative estimate of drug-likeness (QED) is 0.508. The minimum absolute atomic E-state index is 0.0364. The average molecular weight is 468 g/mol. The molecule has 174 valence electrons. The lowest BCUT2D eigenvalue weighted by atomic mass is 9.69. The van der Waals surface area contributed by atoms with Gasteiger partial charge < -0.3 is 10.5 Å². The van der Waals surface area contributed by atoms with E-state index in [1.54, 1.807) is 6.92 Å². The van der Waals surface area contributed by atoms with E-state index in [-0.39, 0.29) is 17.6 Å². The van der Waals surface area contributed by atoms with E-state index in [9.17, 15) is 9.59 Å². The number of H-pyrrole nitrogens is 1. The summed E-state index contributed by atoms with van der Waals surface area (Å²) in [6.07, 6.45) is 6.36. The van der Waals surface area contributed by atoms with E-state index in [1.807, 2.05) is 42.5 Å². The summed E-state index contributed by atoms with van der Waals surface area (Å²) < 4.78 is 4.81. The molecule has 1 heterocycles. The van der Waals surface area contributed by atoms with Crippen molar-refractivity contribution in [1.29, 1.82) is 0 Å². The Kier molecular flexibility index (Phi) is 8.80. The van der Waals surface area contributed by atoms with Crippen LogP contribution < -0.4 is 11.3 Å². The van der Waals surface area contributed by atoms with Crippen molar-refractivity contribution >= 4 is 17.6 Å². The number of esters is 1. The van der Waals surface area contributed by atoms with E-state index in [2.05, 4.69) is 22.3 Å². The topological polar surface area (TPSA) is 98.1 Å². The molecular weight excluding hydrogens is 438 g/mol. The van der Waals surface area contributed by atoms with Crippen molar-refractivity contribution in [3.63, 3.8) is 0 Å². The number of aromatic nitrogens is 2. The molecule has 2 aromatic carbocycles. The molecule has 4 rings (SSSR count). The van der Waals surface area contributed by atoms with E-state index < -0.39 is 11.5 Å². The van der Waals surface area contributed by atoms with Crippen molar-refractivity contribution < 1.29 is 9.53 Å². The first-order valence-electron chi connectivity index (χ1n) is 11.3. The maximum Gasteiger partial charge on any atom is 0.343 e. The van der Waals surface area contributed by atoms with Gasteiger partial charge in [-0.05, 0) is 43.5 Å². The van der Waals surface area contributed by atoms with Crippen LogP contribution in [-0.4, -0.2) is 29.3 Å². The third-order valence-electron chi connectivity index (χ3n) is 6.01. The average Bonchev–Trinajstić information content (AvgIpc) is 2.86. The fourth-order valence-electron chi connectivity index (χ4n) is 4.18. The zero-order chi connectivity index (χ0) is 23.7. The number of hydrogen-bond donors (Lipinski definition) is 2. The Hall–Kier alpha value is -2.96. The molecule has 0 bridgehead atoms. The summed E-state index contributed by atoms with van der Waals surface area (Å²) >= 11 is 6.04. The van der Waals surface area contributed by atoms with Crippen molar-refractivity contribution in [3.05, 3.63) is 87.2 Å². The molecule has 0 aliphatic heterocycles. The number of carbonyl (C=O) groups excluding carboxylic acids is 1. The highest BCUT2D eigenvalue weighted by molar-refractivity contribution is 6.30. The SMILES string of the molecule is CCOC(=O)c1cc(-c2ccccc2)n[nH]c1=O.NCC1(c2cccc(Cl)c2)CCCCC1. The number of nitrogens with two attached hydrogens (primary N) is 1. The fourth-order valence-corrected chi connectivity index (χ4v) is 4.37. The summed E-state index contributed by atoms with van der Waals surface area (Å²) in [5.41, 5.74) is 8.27. The van der Waals surface area contributed by atoms with Gasteiger partial charge in [0.25, 0.3) is 5.56 Å². The van der Waals surface area contributed by atoms with Gasteiger partial charge in [-0.25, -0.2) is 9.89 Å². The van der Waals surface area contributed by atoms with Gasteiger partial charge in [-0.1, -0.05) is 73.3 Å². The lowest BCUT2D eigenvalue weighted by Gasteiger charge is -2.36. The predicted molar refractivity (Wildman–Crippen MR) is 132 cm³/mol. The van der Waals surface area contributed by atoms with Crippen molar-refractivity contribution in [3.8, 4) is 11.3 Å². The number of benzene rings is 2. The van der Waals surface area contributed by atoms with E-state index in [1.165, 1.54) is 43.7 Å². The Labute approximate surface area is 199 Å². The molecule has 1 fully saturated rings. The van der Waals surface area contributed by atoms with Crippen molar-refractivity contribution in [2.45, 2.75) is 44.4 Å². The van der Waals surface area contributed by atoms with Crippen LogP contribution in [0.5, 0.6) is 0 Å². The van der Waals surface area contributed by atoms with Crippen LogP contribution in [0.2, 0.25) is 5.02 Å². The zero-order valence-electron chi connectivity index (χ0n) is 18.9. The molecule has 0 unspecified atom stereocenters. The number of ether oxygens (including phenoxy) is 1. The third kappa shape index (κ3) is 6.30. The molecule has 1 aromatic heterocycles. The molecule has 0 saturated heterocycles. The normalized spacial score (nSPS) is 14.6. The summed E-state index contributed by atoms with van der Waals surface area (Å²) in [5, 5.41) is 7.03. The lowest BCUT2D eigenvalue weighted by Crippen LogP contribution is -2.37. The minimum atomic E-state index is -0.640. The maximum atomic E-state index is 11.6. The standard InChI is InChI=1S/C13H18ClN.C13H12N2O3/c14-12-6-4-5-11(9-12)13(10-15)7-2-1-3-8-13;1-2-18-13(17)10-8-11(14-15-12(10)16)9-6-4-3-5-7-9/h4-6,9H,1-3,7-8,10,15H2;3-8H,2H2,1H3,(H,15,16). The summed E-state index contributed by atoms with van der Waals surface area (Å²) in [7, 11) is 0. The maximum absolute atomic E-state index is 11.6. The van der Waals surface area contributed by atoms with Gasteiger partial charge >= 0.3 is 5.97 Å². The molecule has 0 spiro atoms. The van der Waals surface area contributed by atoms with Crippen LogP contribution in [0.15, 0.2) is 65.5 Å². The van der Waals surface area contributed by atoms with Gasteiger partial charge in [-0.15, -0.1) is 0 Å². The van der Waals surface area contributed by atoms with Gasteiger partial charge in [-0.2, -0.15) is 5.10 Å². The molecule has 1 aliphatic rings. The predicted octanol–water partition coefficient (Wildman–Crippen LogP) is 5.11. The van der Waals surface area contributed by atoms with Crippen LogP contribution in [0.4, 0.5) is 0 Å². The third-order valence-corrected chi connectivity index (χ3v) is 6.24. The molecule has 1 aliphatic carbocycles. The fraction of sp³-hybridized carbons (Fsp3) is 0.346. The van der Waals surface area contributed by atoms with Crippen LogP contribution in [0.25, 0.3) is 11.3 Å². The van der Waals surface area contributed by atoms with Gasteiger partial charge in [-0.3, -0.25) is 4.79 Å². The molecular formula is C26H30ClN3O3. The van der Waals surface area contributed by atoms with Gasteiger partial charge in [0.2, 0.25) is 0 Å². The summed E-state index contributed by atoms with van der Waals surface area (Å²) in [4.78, 5) is 23.1. The highest BCUT2D eigenvalue weighted by Crippen LogP contribution is 2.39. The van der Waals surface area contributed by atoms with Crippen LogP contribution in [-0.2, 0) is 10.2 Å². The van der Waals surface area contributed by atoms with E-state index in [4.69, 9.17) is 22.1 Å². The highest BCUT2D eigenvalue weighted by Gasteiger charge is 2.32. The Morgan fingerprint density at radius 1 is 1.09 bits per heavy atom. The molecule has 0 atom stereocenters. The molecule has 7 heteroatoms. The second-order valence-corrected chi connectivity index (χ2v) is 8.57. The van der Waals surface area contributed by atoms with Crippen LogP contribution in [0.3, 0.4) is 0 Å². The number of carbonyl (C=O) groups is 1. The Morgan fingerprint density at radius 2 is 1.82 bits per heavy atom. The van der Waals surface area contributed by atoms with Crippen molar-refractivity contribution in [2.24, 2.45) is 5.73 Å². The molecule has 1 saturated carbocycles. The Bertz CT molecular complexity index is 1110. The van der Waals surface area contributed by atoms with Gasteiger partial charge in [0.1, 0.15) is 5.56 Å². The number of hydrogen-bond acceptors (Lipinski definition) is 5. The second-order valence-electron chi connectivity index (χ2n) is 8.14. The summed E-state index contributed by atoms with van der Waals surface area (Å²) in [6, 6.07) is 18.9. The summed E-state index contributed by atoms with van der Waals surface area (Å²) in [6.45, 7) is 2.65. The van der Waals surface area contributed by atoms with Gasteiger partial charge in [0.05, 0.1) is 12.3 Å². The van der Waals surface area contributed by atoms with Crippen molar-refractivity contribution in [2.75, 3.05) is 13.2 Å². The van der Waals surface area contributed by atoms with E-state index in [0.29, 0.717) is 5.69 Å². The number of rotatable bonds is 5. The highest BCUT2D eigenvalue weighted by atomic mass is 35.5. The zero-order valence-corrected chi connectivity index (χ0v) is 19.6. The monoisotopic (exact) mass is 467 g/mol. The molecule has 0 amide bonds. The lowest BCUT2D eigenvalue weighted by molar-refractivity contribution is 0.0524. The Balaban J connectivity index is 0.000000189. The van der Waals surface area contributed by atoms with Crippen LogP contribution in [0.1, 0.15) is 54.9 Å². The minimum Gasteiger partial charge on any atom is -0.462 e. The molecule has 3 aromatic rings. The number of nitrogens with zero attached hydrogens (tertiary/aromatic N) is 1. The molecule has 33 heavy (non-hydrogen) atoms. The van der Waals surface area contributed by atoms with E-state index >= 15 is 0 Å².